The van der Waals surface area contributed by atoms with Crippen molar-refractivity contribution < 1.29 is 14.3 Å². The van der Waals surface area contributed by atoms with E-state index in [-0.39, 0.29) is 5.91 Å². The second kappa shape index (κ2) is 8.06. The molecule has 2 heterocycles. The number of ether oxygens (including phenoxy) is 2. The predicted octanol–water partition coefficient (Wildman–Crippen LogP) is 4.20. The molecule has 0 saturated heterocycles. The highest BCUT2D eigenvalue weighted by atomic mass is 16.5. The molecule has 1 amide bonds. The quantitative estimate of drug-likeness (QED) is 0.498. The minimum Gasteiger partial charge on any atom is -0.493 e. The minimum atomic E-state index is -0.183. The fourth-order valence-corrected chi connectivity index (χ4v) is 3.35. The first-order valence-electron chi connectivity index (χ1n) is 9.22. The number of fused-ring (bicyclic) bond motifs is 1. The first-order valence-corrected chi connectivity index (χ1v) is 9.22. The molecule has 2 aromatic carbocycles. The molecule has 0 radical (unpaired) electrons. The molecule has 0 aliphatic rings. The van der Waals surface area contributed by atoms with Crippen molar-refractivity contribution in [1.82, 2.24) is 9.38 Å². The summed E-state index contributed by atoms with van der Waals surface area (Å²) >= 11 is 0. The van der Waals surface area contributed by atoms with E-state index < -0.39 is 0 Å². The van der Waals surface area contributed by atoms with Crippen molar-refractivity contribution in [3.63, 3.8) is 0 Å². The molecule has 0 atom stereocenters. The zero-order valence-corrected chi connectivity index (χ0v) is 16.3. The van der Waals surface area contributed by atoms with Crippen LogP contribution in [0.3, 0.4) is 0 Å². The van der Waals surface area contributed by atoms with E-state index in [0.717, 1.165) is 17.0 Å². The first kappa shape index (κ1) is 18.6. The third kappa shape index (κ3) is 3.52. The van der Waals surface area contributed by atoms with Crippen molar-refractivity contribution in [2.45, 2.75) is 6.54 Å². The Bertz CT molecular complexity index is 1140. The van der Waals surface area contributed by atoms with Crippen molar-refractivity contribution in [2.24, 2.45) is 0 Å². The van der Waals surface area contributed by atoms with Crippen molar-refractivity contribution in [2.75, 3.05) is 19.1 Å². The number of nitrogens with zero attached hydrogens (tertiary/aromatic N) is 3. The van der Waals surface area contributed by atoms with Crippen LogP contribution in [0.1, 0.15) is 16.1 Å². The molecule has 0 aliphatic heterocycles. The van der Waals surface area contributed by atoms with Crippen LogP contribution >= 0.6 is 0 Å². The maximum absolute atomic E-state index is 13.6. The molecule has 6 nitrogen and oxygen atoms in total. The van der Waals surface area contributed by atoms with Gasteiger partial charge in [0.2, 0.25) is 0 Å². The molecule has 4 rings (SSSR count). The van der Waals surface area contributed by atoms with Crippen LogP contribution in [-0.4, -0.2) is 29.5 Å². The van der Waals surface area contributed by atoms with Gasteiger partial charge < -0.3 is 18.8 Å². The monoisotopic (exact) mass is 387 g/mol. The highest BCUT2D eigenvalue weighted by molar-refractivity contribution is 6.08. The number of pyridine rings is 1. The number of carbonyl (C=O) groups is 1. The lowest BCUT2D eigenvalue weighted by atomic mass is 10.1. The molecule has 29 heavy (non-hydrogen) atoms. The van der Waals surface area contributed by atoms with Gasteiger partial charge in [0.05, 0.1) is 38.2 Å². The molecule has 146 valence electrons. The lowest BCUT2D eigenvalue weighted by Crippen LogP contribution is -2.31. The average Bonchev–Trinajstić information content (AvgIpc) is 3.19. The van der Waals surface area contributed by atoms with Gasteiger partial charge in [-0.15, -0.1) is 0 Å². The third-order valence-corrected chi connectivity index (χ3v) is 4.76. The lowest BCUT2D eigenvalue weighted by Gasteiger charge is -2.24. The largest absolute Gasteiger partial charge is 0.493 e. The van der Waals surface area contributed by atoms with Crippen molar-refractivity contribution in [1.29, 1.82) is 0 Å². The normalized spacial score (nSPS) is 10.7. The number of hydrogen-bond acceptors (Lipinski definition) is 4. The van der Waals surface area contributed by atoms with Crippen molar-refractivity contribution >= 4 is 17.2 Å². The molecule has 6 heteroatoms. The van der Waals surface area contributed by atoms with Gasteiger partial charge in [-0.2, -0.15) is 0 Å². The standard InChI is InChI=1S/C23H21N3O3/c1-28-20-12-8-11-19(22(20)29-2)23(27)26(17-9-4-3-5-10-17)16-18-15-24-21-13-6-7-14-25(18)21/h3-15H,16H2,1-2H3. The molecular formula is C23H21N3O3. The van der Waals surface area contributed by atoms with E-state index in [9.17, 15) is 4.79 Å². The van der Waals surface area contributed by atoms with E-state index in [0.29, 0.717) is 23.6 Å². The van der Waals surface area contributed by atoms with Crippen LogP contribution in [0, 0.1) is 0 Å². The number of para-hydroxylation sites is 2. The number of imidazole rings is 1. The number of carbonyl (C=O) groups excluding carboxylic acids is 1. The Morgan fingerprint density at radius 1 is 0.966 bits per heavy atom. The summed E-state index contributed by atoms with van der Waals surface area (Å²) in [6, 6.07) is 20.7. The van der Waals surface area contributed by atoms with Crippen molar-refractivity contribution in [3.05, 3.63) is 90.4 Å². The molecule has 0 fully saturated rings. The van der Waals surface area contributed by atoms with Crippen LogP contribution in [0.5, 0.6) is 11.5 Å². The Hall–Kier alpha value is -3.80. The van der Waals surface area contributed by atoms with Gasteiger partial charge in [-0.05, 0) is 36.4 Å². The van der Waals surface area contributed by atoms with Crippen LogP contribution in [-0.2, 0) is 6.54 Å². The van der Waals surface area contributed by atoms with Gasteiger partial charge >= 0.3 is 0 Å². The summed E-state index contributed by atoms with van der Waals surface area (Å²) < 4.78 is 12.8. The minimum absolute atomic E-state index is 0.183. The highest BCUT2D eigenvalue weighted by Crippen LogP contribution is 2.33. The second-order valence-corrected chi connectivity index (χ2v) is 6.45. The van der Waals surface area contributed by atoms with Gasteiger partial charge in [0.15, 0.2) is 11.5 Å². The fraction of sp³-hybridized carbons (Fsp3) is 0.130. The average molecular weight is 387 g/mol. The molecule has 0 N–H and O–H groups in total. The van der Waals surface area contributed by atoms with E-state index in [4.69, 9.17) is 9.47 Å². The molecule has 0 spiro atoms. The van der Waals surface area contributed by atoms with Gasteiger partial charge in [-0.3, -0.25) is 4.79 Å². The van der Waals surface area contributed by atoms with E-state index in [2.05, 4.69) is 4.98 Å². The number of hydrogen-bond donors (Lipinski definition) is 0. The number of anilines is 1. The zero-order valence-electron chi connectivity index (χ0n) is 16.3. The first-order chi connectivity index (χ1) is 14.2. The summed E-state index contributed by atoms with van der Waals surface area (Å²) in [7, 11) is 3.09. The Morgan fingerprint density at radius 2 is 1.76 bits per heavy atom. The topological polar surface area (TPSA) is 56.1 Å². The van der Waals surface area contributed by atoms with E-state index in [1.165, 1.54) is 7.11 Å². The van der Waals surface area contributed by atoms with Crippen LogP contribution in [0.15, 0.2) is 79.1 Å². The van der Waals surface area contributed by atoms with Crippen molar-refractivity contribution in [3.8, 4) is 11.5 Å². The van der Waals surface area contributed by atoms with Gasteiger partial charge in [0.1, 0.15) is 5.65 Å². The number of benzene rings is 2. The number of methoxy groups -OCH3 is 2. The summed E-state index contributed by atoms with van der Waals surface area (Å²) in [5, 5.41) is 0. The van der Waals surface area contributed by atoms with Gasteiger partial charge in [-0.25, -0.2) is 4.98 Å². The molecular weight excluding hydrogens is 366 g/mol. The number of rotatable bonds is 6. The van der Waals surface area contributed by atoms with E-state index in [1.54, 1.807) is 36.4 Å². The SMILES string of the molecule is COc1cccc(C(=O)N(Cc2cnc3ccccn23)c2ccccc2)c1OC. The summed E-state index contributed by atoms with van der Waals surface area (Å²) in [6.45, 7) is 0.356. The number of amides is 1. The van der Waals surface area contributed by atoms with Gasteiger partial charge in [0, 0.05) is 11.9 Å². The summed E-state index contributed by atoms with van der Waals surface area (Å²) in [4.78, 5) is 19.8. The fourth-order valence-electron chi connectivity index (χ4n) is 3.35. The molecule has 4 aromatic rings. The van der Waals surface area contributed by atoms with Crippen LogP contribution in [0.4, 0.5) is 5.69 Å². The summed E-state index contributed by atoms with van der Waals surface area (Å²) in [5.74, 6) is 0.748. The molecule has 0 saturated carbocycles. The van der Waals surface area contributed by atoms with Gasteiger partial charge in [0.25, 0.3) is 5.91 Å². The van der Waals surface area contributed by atoms with Gasteiger partial charge in [-0.1, -0.05) is 30.3 Å². The smallest absolute Gasteiger partial charge is 0.262 e. The van der Waals surface area contributed by atoms with Crippen LogP contribution in [0.25, 0.3) is 5.65 Å². The Labute approximate surface area is 168 Å². The maximum atomic E-state index is 13.6. The summed E-state index contributed by atoms with van der Waals surface area (Å²) in [5.41, 5.74) is 2.96. The van der Waals surface area contributed by atoms with Crippen LogP contribution < -0.4 is 14.4 Å². The third-order valence-electron chi connectivity index (χ3n) is 4.76. The van der Waals surface area contributed by atoms with Crippen LogP contribution in [0.2, 0.25) is 0 Å². The van der Waals surface area contributed by atoms with E-state index >= 15 is 0 Å². The zero-order chi connectivity index (χ0) is 20.2. The highest BCUT2D eigenvalue weighted by Gasteiger charge is 2.24. The summed E-state index contributed by atoms with van der Waals surface area (Å²) in [6.07, 6.45) is 3.73. The Morgan fingerprint density at radius 3 is 2.52 bits per heavy atom. The number of aromatic nitrogens is 2. The molecule has 0 bridgehead atoms. The second-order valence-electron chi connectivity index (χ2n) is 6.45. The molecule has 0 aliphatic carbocycles. The molecule has 0 unspecified atom stereocenters. The maximum Gasteiger partial charge on any atom is 0.262 e. The predicted molar refractivity (Wildman–Crippen MR) is 112 cm³/mol. The Kier molecular flexibility index (Phi) is 5.16. The molecule has 2 aromatic heterocycles. The van der Waals surface area contributed by atoms with E-state index in [1.807, 2.05) is 59.1 Å². The lowest BCUT2D eigenvalue weighted by molar-refractivity contribution is 0.0981. The Balaban J connectivity index is 1.79.